The predicted octanol–water partition coefficient (Wildman–Crippen LogP) is 3.71. The van der Waals surface area contributed by atoms with Gasteiger partial charge in [-0.3, -0.25) is 9.59 Å². The van der Waals surface area contributed by atoms with Gasteiger partial charge in [0.1, 0.15) is 6.04 Å². The van der Waals surface area contributed by atoms with Gasteiger partial charge in [0.15, 0.2) is 11.5 Å². The minimum Gasteiger partial charge on any atom is -0.493 e. The normalized spacial score (nSPS) is 16.3. The third-order valence-corrected chi connectivity index (χ3v) is 5.19. The van der Waals surface area contributed by atoms with E-state index >= 15 is 0 Å². The molecule has 2 aromatic carbocycles. The lowest BCUT2D eigenvalue weighted by atomic mass is 10.0. The number of benzene rings is 2. The van der Waals surface area contributed by atoms with E-state index in [4.69, 9.17) is 9.47 Å². The van der Waals surface area contributed by atoms with Crippen LogP contribution in [0, 0.1) is 0 Å². The molecule has 1 N–H and O–H groups in total. The van der Waals surface area contributed by atoms with E-state index in [0.29, 0.717) is 30.2 Å². The third-order valence-electron chi connectivity index (χ3n) is 5.19. The third kappa shape index (κ3) is 4.21. The zero-order valence-electron chi connectivity index (χ0n) is 17.4. The highest BCUT2D eigenvalue weighted by Gasteiger charge is 2.41. The molecule has 1 aliphatic heterocycles. The molecular weight excluding hydrogens is 368 g/mol. The summed E-state index contributed by atoms with van der Waals surface area (Å²) in [6.45, 7) is 6.72. The quantitative estimate of drug-likeness (QED) is 0.739. The monoisotopic (exact) mass is 396 g/mol. The molecule has 1 aliphatic rings. The Morgan fingerprint density at radius 2 is 1.93 bits per heavy atom. The molecular formula is C23H28N2O4. The fraction of sp³-hybridized carbons (Fsp3) is 0.391. The maximum atomic E-state index is 13.1. The van der Waals surface area contributed by atoms with Crippen LogP contribution in [0.4, 0.5) is 0 Å². The van der Waals surface area contributed by atoms with E-state index in [-0.39, 0.29) is 17.9 Å². The van der Waals surface area contributed by atoms with Gasteiger partial charge in [-0.25, -0.2) is 0 Å². The topological polar surface area (TPSA) is 67.9 Å². The van der Waals surface area contributed by atoms with E-state index in [1.165, 1.54) is 0 Å². The molecule has 0 aliphatic carbocycles. The standard InChI is InChI=1S/C23H28N2O4/c1-5-15(3)24-22(26)21-17-9-7-8-10-18(17)23(27)25(21)14-16-11-12-19(29-6-2)20(13-16)28-4/h7-13,15,21H,5-6,14H2,1-4H3,(H,24,26)/t15-,21+/m1/s1. The average Bonchev–Trinajstić information content (AvgIpc) is 3.01. The lowest BCUT2D eigenvalue weighted by Crippen LogP contribution is -2.42. The number of amides is 2. The maximum Gasteiger partial charge on any atom is 0.255 e. The lowest BCUT2D eigenvalue weighted by molar-refractivity contribution is -0.126. The maximum absolute atomic E-state index is 13.1. The molecule has 6 nitrogen and oxygen atoms in total. The van der Waals surface area contributed by atoms with E-state index in [0.717, 1.165) is 17.5 Å². The molecule has 2 aromatic rings. The van der Waals surface area contributed by atoms with Crippen molar-refractivity contribution in [1.29, 1.82) is 0 Å². The van der Waals surface area contributed by atoms with Crippen LogP contribution < -0.4 is 14.8 Å². The number of ether oxygens (including phenoxy) is 2. The summed E-state index contributed by atoms with van der Waals surface area (Å²) >= 11 is 0. The number of carbonyl (C=O) groups excluding carboxylic acids is 2. The van der Waals surface area contributed by atoms with Crippen LogP contribution in [-0.4, -0.2) is 36.5 Å². The average molecular weight is 396 g/mol. The zero-order valence-corrected chi connectivity index (χ0v) is 17.4. The molecule has 1 heterocycles. The number of hydrogen-bond donors (Lipinski definition) is 1. The Morgan fingerprint density at radius 1 is 1.17 bits per heavy atom. The molecule has 0 spiro atoms. The predicted molar refractivity (Wildman–Crippen MR) is 111 cm³/mol. The van der Waals surface area contributed by atoms with Crippen molar-refractivity contribution in [2.24, 2.45) is 0 Å². The molecule has 0 saturated heterocycles. The first-order valence-corrected chi connectivity index (χ1v) is 10.00. The highest BCUT2D eigenvalue weighted by Crippen LogP contribution is 2.36. The highest BCUT2D eigenvalue weighted by atomic mass is 16.5. The second-order valence-corrected chi connectivity index (χ2v) is 7.16. The summed E-state index contributed by atoms with van der Waals surface area (Å²) in [7, 11) is 1.58. The largest absolute Gasteiger partial charge is 0.493 e. The van der Waals surface area contributed by atoms with Gasteiger partial charge in [0, 0.05) is 18.2 Å². The highest BCUT2D eigenvalue weighted by molar-refractivity contribution is 6.04. The van der Waals surface area contributed by atoms with Gasteiger partial charge in [-0.05, 0) is 49.6 Å². The number of nitrogens with zero attached hydrogens (tertiary/aromatic N) is 1. The van der Waals surface area contributed by atoms with Crippen molar-refractivity contribution in [2.45, 2.75) is 45.8 Å². The number of hydrogen-bond acceptors (Lipinski definition) is 4. The van der Waals surface area contributed by atoms with Gasteiger partial charge in [-0.1, -0.05) is 31.2 Å². The summed E-state index contributed by atoms with van der Waals surface area (Å²) in [5.74, 6) is 0.961. The van der Waals surface area contributed by atoms with E-state index in [1.54, 1.807) is 18.1 Å². The molecule has 6 heteroatoms. The Labute approximate surface area is 171 Å². The van der Waals surface area contributed by atoms with Gasteiger partial charge >= 0.3 is 0 Å². The summed E-state index contributed by atoms with van der Waals surface area (Å²) in [5.41, 5.74) is 2.19. The summed E-state index contributed by atoms with van der Waals surface area (Å²) in [5, 5.41) is 3.02. The Hall–Kier alpha value is -3.02. The molecule has 2 atom stereocenters. The minimum atomic E-state index is -0.648. The summed E-state index contributed by atoms with van der Waals surface area (Å²) in [6, 6.07) is 12.3. The zero-order chi connectivity index (χ0) is 21.0. The molecule has 3 rings (SSSR count). The second-order valence-electron chi connectivity index (χ2n) is 7.16. The van der Waals surface area contributed by atoms with Gasteiger partial charge in [-0.2, -0.15) is 0 Å². The Bertz CT molecular complexity index is 896. The van der Waals surface area contributed by atoms with Gasteiger partial charge in [0.25, 0.3) is 5.91 Å². The number of nitrogens with one attached hydrogen (secondary N) is 1. The molecule has 29 heavy (non-hydrogen) atoms. The molecule has 0 unspecified atom stereocenters. The molecule has 0 radical (unpaired) electrons. The van der Waals surface area contributed by atoms with Gasteiger partial charge in [0.2, 0.25) is 5.91 Å². The molecule has 0 saturated carbocycles. The van der Waals surface area contributed by atoms with Crippen molar-refractivity contribution in [3.8, 4) is 11.5 Å². The SMILES string of the molecule is CCOc1ccc(CN2C(=O)c3ccccc3[C@H]2C(=O)N[C@H](C)CC)cc1OC. The number of carbonyl (C=O) groups is 2. The van der Waals surface area contributed by atoms with Gasteiger partial charge in [-0.15, -0.1) is 0 Å². The van der Waals surface area contributed by atoms with Crippen molar-refractivity contribution < 1.29 is 19.1 Å². The van der Waals surface area contributed by atoms with E-state index in [9.17, 15) is 9.59 Å². The molecule has 0 bridgehead atoms. The van der Waals surface area contributed by atoms with Crippen LogP contribution in [0.3, 0.4) is 0 Å². The Balaban J connectivity index is 1.92. The van der Waals surface area contributed by atoms with Gasteiger partial charge < -0.3 is 19.7 Å². The number of methoxy groups -OCH3 is 1. The fourth-order valence-corrected chi connectivity index (χ4v) is 3.52. The second kappa shape index (κ2) is 8.99. The summed E-state index contributed by atoms with van der Waals surface area (Å²) < 4.78 is 11.0. The van der Waals surface area contributed by atoms with Crippen molar-refractivity contribution in [3.63, 3.8) is 0 Å². The van der Waals surface area contributed by atoms with Crippen molar-refractivity contribution in [1.82, 2.24) is 10.2 Å². The Kier molecular flexibility index (Phi) is 6.42. The Morgan fingerprint density at radius 3 is 2.62 bits per heavy atom. The van der Waals surface area contributed by atoms with E-state index < -0.39 is 6.04 Å². The van der Waals surface area contributed by atoms with Crippen LogP contribution in [0.2, 0.25) is 0 Å². The van der Waals surface area contributed by atoms with E-state index in [1.807, 2.05) is 57.2 Å². The first-order chi connectivity index (χ1) is 14.0. The first-order valence-electron chi connectivity index (χ1n) is 10.00. The molecule has 2 amide bonds. The summed E-state index contributed by atoms with van der Waals surface area (Å²) in [6.07, 6.45) is 0.824. The van der Waals surface area contributed by atoms with E-state index in [2.05, 4.69) is 5.32 Å². The molecule has 0 aromatic heterocycles. The van der Waals surface area contributed by atoms with Crippen molar-refractivity contribution >= 4 is 11.8 Å². The van der Waals surface area contributed by atoms with Crippen LogP contribution in [-0.2, 0) is 11.3 Å². The molecule has 0 fully saturated rings. The van der Waals surface area contributed by atoms with Crippen molar-refractivity contribution in [3.05, 3.63) is 59.2 Å². The van der Waals surface area contributed by atoms with Gasteiger partial charge in [0.05, 0.1) is 13.7 Å². The molecule has 154 valence electrons. The lowest BCUT2D eigenvalue weighted by Gasteiger charge is -2.26. The van der Waals surface area contributed by atoms with Crippen LogP contribution >= 0.6 is 0 Å². The first kappa shape index (κ1) is 20.7. The van der Waals surface area contributed by atoms with Crippen LogP contribution in [0.5, 0.6) is 11.5 Å². The van der Waals surface area contributed by atoms with Crippen LogP contribution in [0.1, 0.15) is 54.7 Å². The summed E-state index contributed by atoms with van der Waals surface area (Å²) in [4.78, 5) is 27.7. The minimum absolute atomic E-state index is 0.0396. The fourth-order valence-electron chi connectivity index (χ4n) is 3.52. The van der Waals surface area contributed by atoms with Crippen molar-refractivity contribution in [2.75, 3.05) is 13.7 Å². The number of rotatable bonds is 8. The van der Waals surface area contributed by atoms with Crippen LogP contribution in [0.15, 0.2) is 42.5 Å². The van der Waals surface area contributed by atoms with Crippen LogP contribution in [0.25, 0.3) is 0 Å². The number of fused-ring (bicyclic) bond motifs is 1. The smallest absolute Gasteiger partial charge is 0.255 e.